The van der Waals surface area contributed by atoms with Crippen molar-refractivity contribution in [3.63, 3.8) is 0 Å². The number of piperidine rings is 1. The van der Waals surface area contributed by atoms with Gasteiger partial charge in [-0.3, -0.25) is 4.90 Å². The molecule has 0 unspecified atom stereocenters. The number of nitrogens with zero attached hydrogens (tertiary/aromatic N) is 1. The summed E-state index contributed by atoms with van der Waals surface area (Å²) in [4.78, 5) is 2.60. The van der Waals surface area contributed by atoms with Gasteiger partial charge in [-0.25, -0.2) is 0 Å². The van der Waals surface area contributed by atoms with Gasteiger partial charge >= 0.3 is 0 Å². The number of hydrogen-bond acceptors (Lipinski definition) is 3. The quantitative estimate of drug-likeness (QED) is 0.774. The molecule has 1 aromatic heterocycles. The normalized spacial score (nSPS) is 25.7. The highest BCUT2D eigenvalue weighted by Gasteiger charge is 2.41. The van der Waals surface area contributed by atoms with E-state index < -0.39 is 0 Å². The van der Waals surface area contributed by atoms with Crippen LogP contribution in [0.3, 0.4) is 0 Å². The lowest BCUT2D eigenvalue weighted by Crippen LogP contribution is -2.50. The summed E-state index contributed by atoms with van der Waals surface area (Å²) in [5, 5.41) is 8.16. The third-order valence-electron chi connectivity index (χ3n) is 5.24. The summed E-state index contributed by atoms with van der Waals surface area (Å²) >= 11 is 11.4. The van der Waals surface area contributed by atoms with Crippen LogP contribution in [0, 0.1) is 0 Å². The predicted molar refractivity (Wildman–Crippen MR) is 105 cm³/mol. The molecule has 4 nitrogen and oxygen atoms in total. The van der Waals surface area contributed by atoms with E-state index in [0.29, 0.717) is 23.2 Å². The van der Waals surface area contributed by atoms with Gasteiger partial charge in [-0.1, -0.05) is 11.6 Å². The zero-order chi connectivity index (χ0) is 17.2. The topological polar surface area (TPSA) is 40.4 Å². The molecule has 0 radical (unpaired) electrons. The average molecular weight is 376 g/mol. The standard InChI is InChI=1S/C19H22ClN3OS/c20-13-3-5-14(6-4-13)21-19(25)22-15-10-16-7-8-17(11-15)23(16)12-18-2-1-9-24-18/h1-6,9,15-17H,7-8,10-12H2,(H2,21,22,25)/t16-,17-/m1/s1. The third-order valence-corrected chi connectivity index (χ3v) is 5.71. The maximum atomic E-state index is 5.92. The number of thiocarbonyl (C=S) groups is 1. The smallest absolute Gasteiger partial charge is 0.170 e. The van der Waals surface area contributed by atoms with Crippen molar-refractivity contribution in [2.45, 2.75) is 50.4 Å². The first-order valence-corrected chi connectivity index (χ1v) is 9.57. The van der Waals surface area contributed by atoms with Gasteiger partial charge in [-0.2, -0.15) is 0 Å². The minimum absolute atomic E-state index is 0.428. The molecule has 2 saturated heterocycles. The van der Waals surface area contributed by atoms with Crippen molar-refractivity contribution in [2.24, 2.45) is 0 Å². The van der Waals surface area contributed by atoms with Crippen LogP contribution in [-0.4, -0.2) is 28.1 Å². The van der Waals surface area contributed by atoms with Crippen molar-refractivity contribution in [1.82, 2.24) is 10.2 Å². The molecule has 2 N–H and O–H groups in total. The molecular weight excluding hydrogens is 354 g/mol. The van der Waals surface area contributed by atoms with Crippen LogP contribution in [0.1, 0.15) is 31.4 Å². The number of anilines is 1. The monoisotopic (exact) mass is 375 g/mol. The van der Waals surface area contributed by atoms with Gasteiger partial charge in [0.25, 0.3) is 0 Å². The van der Waals surface area contributed by atoms with Crippen LogP contribution in [0.5, 0.6) is 0 Å². The van der Waals surface area contributed by atoms with E-state index in [0.717, 1.165) is 35.9 Å². The van der Waals surface area contributed by atoms with Gasteiger partial charge in [0.15, 0.2) is 5.11 Å². The van der Waals surface area contributed by atoms with Gasteiger partial charge in [0.05, 0.1) is 12.8 Å². The molecule has 1 aromatic carbocycles. The van der Waals surface area contributed by atoms with E-state index in [2.05, 4.69) is 21.6 Å². The molecule has 2 bridgehead atoms. The van der Waals surface area contributed by atoms with Crippen molar-refractivity contribution >= 4 is 34.6 Å². The lowest BCUT2D eigenvalue weighted by molar-refractivity contribution is 0.106. The highest BCUT2D eigenvalue weighted by molar-refractivity contribution is 7.80. The number of hydrogen-bond donors (Lipinski definition) is 2. The molecule has 2 fully saturated rings. The summed E-state index contributed by atoms with van der Waals surface area (Å²) < 4.78 is 5.53. The third kappa shape index (κ3) is 4.00. The minimum Gasteiger partial charge on any atom is -0.468 e. The highest BCUT2D eigenvalue weighted by atomic mass is 35.5. The van der Waals surface area contributed by atoms with E-state index in [-0.39, 0.29) is 0 Å². The molecule has 6 heteroatoms. The minimum atomic E-state index is 0.428. The Kier molecular flexibility index (Phi) is 4.97. The van der Waals surface area contributed by atoms with Crippen molar-refractivity contribution in [3.8, 4) is 0 Å². The summed E-state index contributed by atoms with van der Waals surface area (Å²) in [7, 11) is 0. The molecule has 2 aliphatic heterocycles. The van der Waals surface area contributed by atoms with Gasteiger partial charge in [0.1, 0.15) is 5.76 Å². The van der Waals surface area contributed by atoms with Crippen LogP contribution >= 0.6 is 23.8 Å². The first kappa shape index (κ1) is 16.9. The van der Waals surface area contributed by atoms with E-state index >= 15 is 0 Å². The Morgan fingerprint density at radius 3 is 2.52 bits per heavy atom. The summed E-state index contributed by atoms with van der Waals surface area (Å²) in [6, 6.07) is 13.3. The lowest BCUT2D eigenvalue weighted by Gasteiger charge is -2.39. The molecule has 132 valence electrons. The molecular formula is C19H22ClN3OS. The number of benzene rings is 1. The van der Waals surface area contributed by atoms with Gasteiger partial charge in [0.2, 0.25) is 0 Å². The lowest BCUT2D eigenvalue weighted by atomic mass is 9.97. The summed E-state index contributed by atoms with van der Waals surface area (Å²) in [5.41, 5.74) is 0.958. The summed E-state index contributed by atoms with van der Waals surface area (Å²) in [6.45, 7) is 0.919. The van der Waals surface area contributed by atoms with E-state index in [1.54, 1.807) is 6.26 Å². The van der Waals surface area contributed by atoms with Crippen LogP contribution < -0.4 is 10.6 Å². The molecule has 4 rings (SSSR count). The average Bonchev–Trinajstić information content (AvgIpc) is 3.17. The second-order valence-corrected chi connectivity index (χ2v) is 7.76. The predicted octanol–water partition coefficient (Wildman–Crippen LogP) is 4.42. The maximum absolute atomic E-state index is 5.92. The van der Waals surface area contributed by atoms with Crippen molar-refractivity contribution < 1.29 is 4.42 Å². The number of rotatable bonds is 4. The molecule has 0 saturated carbocycles. The Morgan fingerprint density at radius 2 is 1.88 bits per heavy atom. The fourth-order valence-electron chi connectivity index (χ4n) is 4.12. The largest absolute Gasteiger partial charge is 0.468 e. The van der Waals surface area contributed by atoms with Gasteiger partial charge in [-0.05, 0) is 74.3 Å². The number of halogens is 1. The number of fused-ring (bicyclic) bond motifs is 2. The molecule has 3 heterocycles. The molecule has 0 aliphatic carbocycles. The van der Waals surface area contributed by atoms with E-state index in [9.17, 15) is 0 Å². The summed E-state index contributed by atoms with van der Waals surface area (Å²) in [6.07, 6.45) is 6.54. The molecule has 2 atom stereocenters. The second kappa shape index (κ2) is 7.36. The van der Waals surface area contributed by atoms with Gasteiger partial charge in [0, 0.05) is 28.8 Å². The molecule has 2 aromatic rings. The van der Waals surface area contributed by atoms with Crippen LogP contribution in [0.2, 0.25) is 5.02 Å². The SMILES string of the molecule is S=C(Nc1ccc(Cl)cc1)NC1C[C@H]2CC[C@H](C1)N2Cc1ccco1. The fourth-order valence-corrected chi connectivity index (χ4v) is 4.53. The van der Waals surface area contributed by atoms with Crippen molar-refractivity contribution in [2.75, 3.05) is 5.32 Å². The number of nitrogens with one attached hydrogen (secondary N) is 2. The van der Waals surface area contributed by atoms with Crippen molar-refractivity contribution in [3.05, 3.63) is 53.4 Å². The van der Waals surface area contributed by atoms with Crippen molar-refractivity contribution in [1.29, 1.82) is 0 Å². The molecule has 0 amide bonds. The second-order valence-electron chi connectivity index (χ2n) is 6.91. The first-order chi connectivity index (χ1) is 12.2. The van der Waals surface area contributed by atoms with Crippen LogP contribution in [-0.2, 0) is 6.54 Å². The Hall–Kier alpha value is -1.56. The first-order valence-electron chi connectivity index (χ1n) is 8.78. The Labute approximate surface area is 158 Å². The van der Waals surface area contributed by atoms with Gasteiger partial charge in [-0.15, -0.1) is 0 Å². The van der Waals surface area contributed by atoms with Gasteiger partial charge < -0.3 is 15.1 Å². The molecule has 2 aliphatic rings. The van der Waals surface area contributed by atoms with Crippen LogP contribution in [0.15, 0.2) is 47.1 Å². The van der Waals surface area contributed by atoms with E-state index in [4.69, 9.17) is 28.2 Å². The summed E-state index contributed by atoms with van der Waals surface area (Å²) in [5.74, 6) is 1.06. The Bertz CT molecular complexity index is 705. The van der Waals surface area contributed by atoms with Crippen LogP contribution in [0.25, 0.3) is 0 Å². The zero-order valence-corrected chi connectivity index (χ0v) is 15.5. The highest BCUT2D eigenvalue weighted by Crippen LogP contribution is 2.36. The van der Waals surface area contributed by atoms with E-state index in [1.165, 1.54) is 12.8 Å². The Balaban J connectivity index is 1.31. The Morgan fingerprint density at radius 1 is 1.16 bits per heavy atom. The molecule has 0 spiro atoms. The fraction of sp³-hybridized carbons (Fsp3) is 0.421. The maximum Gasteiger partial charge on any atom is 0.170 e. The van der Waals surface area contributed by atoms with Crippen LogP contribution in [0.4, 0.5) is 5.69 Å². The number of furan rings is 1. The molecule has 25 heavy (non-hydrogen) atoms. The van der Waals surface area contributed by atoms with E-state index in [1.807, 2.05) is 30.3 Å². The zero-order valence-electron chi connectivity index (χ0n) is 14.0.